The lowest BCUT2D eigenvalue weighted by molar-refractivity contribution is -0.147. The molecule has 1 aliphatic rings. The number of aromatic nitrogens is 1. The molecule has 0 fully saturated rings. The van der Waals surface area contributed by atoms with Gasteiger partial charge in [0.15, 0.2) is 0 Å². The molecule has 0 aliphatic heterocycles. The van der Waals surface area contributed by atoms with Crippen LogP contribution in [0, 0.1) is 0 Å². The van der Waals surface area contributed by atoms with Crippen molar-refractivity contribution in [3.05, 3.63) is 23.5 Å². The van der Waals surface area contributed by atoms with E-state index in [-0.39, 0.29) is 12.1 Å². The number of pyridine rings is 1. The summed E-state index contributed by atoms with van der Waals surface area (Å²) < 4.78 is 5.45. The van der Waals surface area contributed by atoms with Crippen molar-refractivity contribution in [1.29, 1.82) is 0 Å². The number of esters is 1. The molecular weight excluding hydrogens is 258 g/mol. The summed E-state index contributed by atoms with van der Waals surface area (Å²) in [6.07, 6.45) is 7.03. The third-order valence-corrected chi connectivity index (χ3v) is 4.57. The van der Waals surface area contributed by atoms with Crippen LogP contribution in [-0.4, -0.2) is 16.7 Å². The summed E-state index contributed by atoms with van der Waals surface area (Å²) in [5.41, 5.74) is 2.28. The third-order valence-electron chi connectivity index (χ3n) is 3.26. The van der Waals surface area contributed by atoms with Crippen LogP contribution in [0.3, 0.4) is 0 Å². The van der Waals surface area contributed by atoms with E-state index in [1.165, 1.54) is 17.4 Å². The van der Waals surface area contributed by atoms with Crippen LogP contribution in [0.4, 0.5) is 0 Å². The fourth-order valence-electron chi connectivity index (χ4n) is 2.45. The minimum absolute atomic E-state index is 0.155. The Morgan fingerprint density at radius 3 is 3.11 bits per heavy atom. The van der Waals surface area contributed by atoms with Crippen LogP contribution in [0.1, 0.15) is 56.9 Å². The predicted molar refractivity (Wildman–Crippen MR) is 77.3 cm³/mol. The summed E-state index contributed by atoms with van der Waals surface area (Å²) in [5, 5.41) is 0. The van der Waals surface area contributed by atoms with E-state index in [9.17, 15) is 4.79 Å². The highest BCUT2D eigenvalue weighted by molar-refractivity contribution is 7.99. The fourth-order valence-corrected chi connectivity index (χ4v) is 3.41. The molecule has 1 aliphatic carbocycles. The zero-order chi connectivity index (χ0) is 13.7. The van der Waals surface area contributed by atoms with Gasteiger partial charge in [-0.1, -0.05) is 6.92 Å². The number of carbonyl (C=O) groups is 1. The van der Waals surface area contributed by atoms with E-state index in [2.05, 4.69) is 18.0 Å². The molecule has 0 spiro atoms. The Morgan fingerprint density at radius 1 is 1.53 bits per heavy atom. The van der Waals surface area contributed by atoms with Gasteiger partial charge in [-0.15, -0.1) is 11.8 Å². The second kappa shape index (κ2) is 6.94. The first-order chi connectivity index (χ1) is 9.22. The maximum atomic E-state index is 11.2. The van der Waals surface area contributed by atoms with Crippen molar-refractivity contribution in [2.45, 2.75) is 57.0 Å². The van der Waals surface area contributed by atoms with Gasteiger partial charge in [0.25, 0.3) is 0 Å². The van der Waals surface area contributed by atoms with Crippen molar-refractivity contribution < 1.29 is 9.53 Å². The molecular formula is C15H21NO2S. The highest BCUT2D eigenvalue weighted by Gasteiger charge is 2.24. The summed E-state index contributed by atoms with van der Waals surface area (Å²) in [6, 6.07) is 2.09. The largest absolute Gasteiger partial charge is 0.456 e. The highest BCUT2D eigenvalue weighted by atomic mass is 32.2. The van der Waals surface area contributed by atoms with E-state index in [4.69, 9.17) is 4.74 Å². The molecule has 0 amide bonds. The molecule has 0 saturated heterocycles. The van der Waals surface area contributed by atoms with Crippen LogP contribution in [0.15, 0.2) is 17.2 Å². The molecule has 1 aromatic heterocycles. The Hall–Kier alpha value is -1.03. The fraction of sp³-hybridized carbons (Fsp3) is 0.600. The van der Waals surface area contributed by atoms with Crippen molar-refractivity contribution in [3.63, 3.8) is 0 Å². The first-order valence-electron chi connectivity index (χ1n) is 7.00. The predicted octanol–water partition coefficient (Wildman–Crippen LogP) is 3.91. The molecule has 4 heteroatoms. The average molecular weight is 279 g/mol. The maximum absolute atomic E-state index is 11.2. The molecule has 2 rings (SSSR count). The number of nitrogens with zero attached hydrogens (tertiary/aromatic N) is 1. The molecule has 19 heavy (non-hydrogen) atoms. The summed E-state index contributed by atoms with van der Waals surface area (Å²) in [5.74, 6) is 0.903. The minimum atomic E-state index is -0.216. The van der Waals surface area contributed by atoms with E-state index in [0.29, 0.717) is 0 Å². The molecule has 1 heterocycles. The summed E-state index contributed by atoms with van der Waals surface area (Å²) >= 11 is 1.88. The molecule has 1 unspecified atom stereocenters. The van der Waals surface area contributed by atoms with Crippen LogP contribution in [0.25, 0.3) is 0 Å². The maximum Gasteiger partial charge on any atom is 0.303 e. The van der Waals surface area contributed by atoms with E-state index < -0.39 is 0 Å². The molecule has 0 saturated carbocycles. The van der Waals surface area contributed by atoms with Gasteiger partial charge in [0.2, 0.25) is 0 Å². The third kappa shape index (κ3) is 3.72. The zero-order valence-corrected chi connectivity index (χ0v) is 12.5. The van der Waals surface area contributed by atoms with Crippen LogP contribution < -0.4 is 0 Å². The zero-order valence-electron chi connectivity index (χ0n) is 11.6. The SMILES string of the molecule is CCCSc1ccnc2c1CCCCC2OC(C)=O. The van der Waals surface area contributed by atoms with Crippen molar-refractivity contribution in [2.24, 2.45) is 0 Å². The normalized spacial score (nSPS) is 18.5. The second-order valence-corrected chi connectivity index (χ2v) is 6.00. The van der Waals surface area contributed by atoms with Crippen molar-refractivity contribution in [2.75, 3.05) is 5.75 Å². The Bertz CT molecular complexity index is 448. The molecule has 1 atom stereocenters. The van der Waals surface area contributed by atoms with E-state index in [1.807, 2.05) is 18.0 Å². The monoisotopic (exact) mass is 279 g/mol. The minimum Gasteiger partial charge on any atom is -0.456 e. The first kappa shape index (κ1) is 14.4. The average Bonchev–Trinajstić information content (AvgIpc) is 2.59. The van der Waals surface area contributed by atoms with Gasteiger partial charge in [0.05, 0.1) is 5.69 Å². The van der Waals surface area contributed by atoms with Gasteiger partial charge in [-0.05, 0) is 49.5 Å². The quantitative estimate of drug-likeness (QED) is 0.476. The molecule has 0 bridgehead atoms. The van der Waals surface area contributed by atoms with Gasteiger partial charge in [-0.2, -0.15) is 0 Å². The van der Waals surface area contributed by atoms with Crippen molar-refractivity contribution >= 4 is 17.7 Å². The molecule has 1 aromatic rings. The number of rotatable bonds is 4. The first-order valence-corrected chi connectivity index (χ1v) is 7.98. The van der Waals surface area contributed by atoms with Crippen LogP contribution in [0.2, 0.25) is 0 Å². The lowest BCUT2D eigenvalue weighted by Crippen LogP contribution is -2.11. The van der Waals surface area contributed by atoms with Crippen LogP contribution in [0.5, 0.6) is 0 Å². The van der Waals surface area contributed by atoms with E-state index >= 15 is 0 Å². The lowest BCUT2D eigenvalue weighted by atomic mass is 10.1. The van der Waals surface area contributed by atoms with E-state index in [0.717, 1.165) is 43.6 Å². The number of carbonyl (C=O) groups excluding carboxylic acids is 1. The number of thioether (sulfide) groups is 1. The molecule has 0 radical (unpaired) electrons. The van der Waals surface area contributed by atoms with Gasteiger partial charge >= 0.3 is 5.97 Å². The lowest BCUT2D eigenvalue weighted by Gasteiger charge is -2.18. The Labute approximate surface area is 119 Å². The second-order valence-electron chi connectivity index (χ2n) is 4.87. The van der Waals surface area contributed by atoms with Gasteiger partial charge in [-0.25, -0.2) is 0 Å². The number of hydrogen-bond acceptors (Lipinski definition) is 4. The molecule has 0 N–H and O–H groups in total. The Kier molecular flexibility index (Phi) is 5.25. The smallest absolute Gasteiger partial charge is 0.303 e. The van der Waals surface area contributed by atoms with Gasteiger partial charge in [0.1, 0.15) is 6.10 Å². The summed E-state index contributed by atoms with van der Waals surface area (Å²) in [4.78, 5) is 17.0. The summed E-state index contributed by atoms with van der Waals surface area (Å²) in [6.45, 7) is 3.66. The standard InChI is InChI=1S/C15H21NO2S/c1-3-10-19-14-8-9-16-15-12(14)6-4-5-7-13(15)18-11(2)17/h8-9,13H,3-7,10H2,1-2H3. The summed E-state index contributed by atoms with van der Waals surface area (Å²) in [7, 11) is 0. The van der Waals surface area contributed by atoms with Crippen molar-refractivity contribution in [1.82, 2.24) is 4.98 Å². The topological polar surface area (TPSA) is 39.2 Å². The van der Waals surface area contributed by atoms with Crippen LogP contribution >= 0.6 is 11.8 Å². The van der Waals surface area contributed by atoms with Gasteiger partial charge in [-0.3, -0.25) is 9.78 Å². The van der Waals surface area contributed by atoms with E-state index in [1.54, 1.807) is 0 Å². The molecule has 3 nitrogen and oxygen atoms in total. The highest BCUT2D eigenvalue weighted by Crippen LogP contribution is 2.35. The van der Waals surface area contributed by atoms with Crippen LogP contribution in [-0.2, 0) is 16.0 Å². The van der Waals surface area contributed by atoms with Gasteiger partial charge in [0, 0.05) is 18.0 Å². The van der Waals surface area contributed by atoms with Crippen molar-refractivity contribution in [3.8, 4) is 0 Å². The Balaban J connectivity index is 2.30. The number of hydrogen-bond donors (Lipinski definition) is 0. The molecule has 0 aromatic carbocycles. The Morgan fingerprint density at radius 2 is 2.37 bits per heavy atom. The molecule has 104 valence electrons. The number of ether oxygens (including phenoxy) is 1. The van der Waals surface area contributed by atoms with Gasteiger partial charge < -0.3 is 4.74 Å². The number of fused-ring (bicyclic) bond motifs is 1.